The molecule has 12 nitrogen and oxygen atoms in total. The lowest BCUT2D eigenvalue weighted by molar-refractivity contribution is -0.122. The second-order valence-corrected chi connectivity index (χ2v) is 14.1. The van der Waals surface area contributed by atoms with Crippen LogP contribution in [0.1, 0.15) is 87.8 Å². The van der Waals surface area contributed by atoms with Crippen LogP contribution in [-0.2, 0) is 15.7 Å². The van der Waals surface area contributed by atoms with Gasteiger partial charge in [-0.05, 0) is 83.1 Å². The fourth-order valence-electron chi connectivity index (χ4n) is 5.78. The number of nitrogens with zero attached hydrogens (tertiary/aromatic N) is 6. The highest BCUT2D eigenvalue weighted by Gasteiger charge is 2.32. The molecule has 1 aliphatic rings. The molecule has 5 aromatic rings. The number of aryl methyl sites for hydroxylation is 1. The van der Waals surface area contributed by atoms with E-state index in [0.717, 1.165) is 58.1 Å². The first-order valence-electron chi connectivity index (χ1n) is 16.3. The first-order chi connectivity index (χ1) is 23.2. The van der Waals surface area contributed by atoms with Gasteiger partial charge in [0.1, 0.15) is 17.7 Å². The number of aromatic nitrogens is 5. The molecule has 3 heterocycles. The van der Waals surface area contributed by atoms with E-state index in [1.54, 1.807) is 4.68 Å². The second kappa shape index (κ2) is 14.1. The summed E-state index contributed by atoms with van der Waals surface area (Å²) in [6, 6.07) is 21.7. The zero-order valence-electron chi connectivity index (χ0n) is 29.4. The van der Waals surface area contributed by atoms with Gasteiger partial charge in [-0.2, -0.15) is 5.10 Å². The highest BCUT2D eigenvalue weighted by Crippen LogP contribution is 2.39. The number of urea groups is 1. The Morgan fingerprint density at radius 1 is 0.980 bits per heavy atom. The Kier molecular flexibility index (Phi) is 10.1. The summed E-state index contributed by atoms with van der Waals surface area (Å²) in [5.74, 6) is 2.21. The number of nitrogens with one attached hydrogen (secondary N) is 2. The zero-order chi connectivity index (χ0) is 35.5. The predicted octanol–water partition coefficient (Wildman–Crippen LogP) is 6.80. The van der Waals surface area contributed by atoms with E-state index in [1.165, 1.54) is 0 Å². The van der Waals surface area contributed by atoms with E-state index in [1.807, 2.05) is 79.3 Å². The van der Waals surface area contributed by atoms with Gasteiger partial charge in [0.2, 0.25) is 0 Å². The fraction of sp³-hybridized carbons (Fsp3) is 0.378. The third-order valence-electron chi connectivity index (χ3n) is 9.06. The van der Waals surface area contributed by atoms with Gasteiger partial charge in [-0.3, -0.25) is 19.4 Å². The maximum atomic E-state index is 13.5. The number of ether oxygens (including phenoxy) is 1. The van der Waals surface area contributed by atoms with E-state index >= 15 is 0 Å². The molecule has 0 fully saturated rings. The Morgan fingerprint density at radius 3 is 2.31 bits per heavy atom. The number of fused-ring (bicyclic) bond motifs is 2. The highest BCUT2D eigenvalue weighted by atomic mass is 16.5. The molecule has 0 spiro atoms. The third-order valence-corrected chi connectivity index (χ3v) is 9.06. The molecule has 3 N–H and O–H groups in total. The standard InChI is InChI=1S/C36H44N8O2.CH2O2/c1-23-13-15-24(16-14-23)44-32(21-30(41-44)35(2,3)4)38-34(45)37-28-18-19-29(27-12-10-9-11-26(27)28)46-25-17-20-31-39-40-33(43(31)22-25)36(5,6)42(7)8;2-1-3/h9-17,20-22,28-29H,18-19H2,1-8H3,(H2,37,38,45);1H,(H,2,3)/t28-,29+;/m0./s1. The smallest absolute Gasteiger partial charge is 0.320 e. The molecule has 0 saturated heterocycles. The van der Waals surface area contributed by atoms with Gasteiger partial charge in [0.25, 0.3) is 6.47 Å². The van der Waals surface area contributed by atoms with Crippen molar-refractivity contribution in [2.75, 3.05) is 19.4 Å². The van der Waals surface area contributed by atoms with Gasteiger partial charge in [0, 0.05) is 11.5 Å². The molecule has 0 saturated carbocycles. The lowest BCUT2D eigenvalue weighted by atomic mass is 9.85. The van der Waals surface area contributed by atoms with Crippen molar-refractivity contribution < 1.29 is 19.4 Å². The average molecular weight is 667 g/mol. The van der Waals surface area contributed by atoms with E-state index < -0.39 is 0 Å². The molecule has 2 aromatic carbocycles. The van der Waals surface area contributed by atoms with Crippen molar-refractivity contribution in [3.63, 3.8) is 0 Å². The normalized spacial score (nSPS) is 16.0. The molecule has 3 aromatic heterocycles. The minimum Gasteiger partial charge on any atom is -0.484 e. The zero-order valence-corrected chi connectivity index (χ0v) is 29.4. The molecule has 0 unspecified atom stereocenters. The number of benzene rings is 2. The van der Waals surface area contributed by atoms with Gasteiger partial charge in [-0.15, -0.1) is 10.2 Å². The number of rotatable bonds is 7. The number of carboxylic acid groups (broad SMARTS) is 1. The number of amides is 2. The van der Waals surface area contributed by atoms with E-state index in [4.69, 9.17) is 19.7 Å². The fourth-order valence-corrected chi connectivity index (χ4v) is 5.78. The summed E-state index contributed by atoms with van der Waals surface area (Å²) in [6.07, 6.45) is 3.29. The summed E-state index contributed by atoms with van der Waals surface area (Å²) < 4.78 is 10.4. The molecule has 2 atom stereocenters. The molecule has 12 heteroatoms. The lowest BCUT2D eigenvalue weighted by Crippen LogP contribution is -2.37. The molecule has 49 heavy (non-hydrogen) atoms. The molecule has 0 aliphatic heterocycles. The minimum absolute atomic E-state index is 0.158. The van der Waals surface area contributed by atoms with Gasteiger partial charge >= 0.3 is 6.03 Å². The second-order valence-electron chi connectivity index (χ2n) is 14.1. The number of hydrogen-bond acceptors (Lipinski definition) is 7. The maximum Gasteiger partial charge on any atom is 0.320 e. The van der Waals surface area contributed by atoms with E-state index in [2.05, 4.69) is 79.4 Å². The van der Waals surface area contributed by atoms with Crippen LogP contribution in [0.3, 0.4) is 0 Å². The van der Waals surface area contributed by atoms with E-state index in [-0.39, 0.29) is 35.6 Å². The van der Waals surface area contributed by atoms with Crippen molar-refractivity contribution >= 4 is 24.0 Å². The number of pyridine rings is 1. The molecule has 258 valence electrons. The number of carbonyl (C=O) groups excluding carboxylic acids is 1. The van der Waals surface area contributed by atoms with Crippen LogP contribution in [0, 0.1) is 6.92 Å². The molecule has 6 rings (SSSR count). The number of hydrogen-bond donors (Lipinski definition) is 3. The largest absolute Gasteiger partial charge is 0.484 e. The molecule has 0 bridgehead atoms. The maximum absolute atomic E-state index is 13.5. The van der Waals surface area contributed by atoms with Gasteiger partial charge in [-0.25, -0.2) is 9.48 Å². The van der Waals surface area contributed by atoms with Gasteiger partial charge in [0.05, 0.1) is 29.2 Å². The van der Waals surface area contributed by atoms with Crippen LogP contribution in [0.2, 0.25) is 0 Å². The summed E-state index contributed by atoms with van der Waals surface area (Å²) in [4.78, 5) is 24.0. The number of carbonyl (C=O) groups is 2. The summed E-state index contributed by atoms with van der Waals surface area (Å²) >= 11 is 0. The third kappa shape index (κ3) is 7.59. The summed E-state index contributed by atoms with van der Waals surface area (Å²) in [5.41, 5.74) is 5.34. The van der Waals surface area contributed by atoms with E-state index in [9.17, 15) is 4.79 Å². The first kappa shape index (κ1) is 35.1. The Morgan fingerprint density at radius 2 is 1.65 bits per heavy atom. The highest BCUT2D eigenvalue weighted by molar-refractivity contribution is 5.89. The van der Waals surface area contributed by atoms with Crippen molar-refractivity contribution in [3.8, 4) is 11.4 Å². The molecule has 2 amide bonds. The van der Waals surface area contributed by atoms with Crippen molar-refractivity contribution in [1.82, 2.24) is 34.6 Å². The Balaban J connectivity index is 0.00000151. The van der Waals surface area contributed by atoms with Crippen LogP contribution in [0.4, 0.5) is 10.6 Å². The van der Waals surface area contributed by atoms with Crippen LogP contribution in [0.25, 0.3) is 11.3 Å². The lowest BCUT2D eigenvalue weighted by Gasteiger charge is -2.32. The summed E-state index contributed by atoms with van der Waals surface area (Å²) in [5, 5.41) is 26.9. The van der Waals surface area contributed by atoms with Crippen LogP contribution >= 0.6 is 0 Å². The Labute approximate surface area is 287 Å². The molecule has 0 radical (unpaired) electrons. The monoisotopic (exact) mass is 666 g/mol. The van der Waals surface area contributed by atoms with Crippen molar-refractivity contribution in [3.05, 3.63) is 101 Å². The predicted molar refractivity (Wildman–Crippen MR) is 189 cm³/mol. The van der Waals surface area contributed by atoms with Crippen LogP contribution < -0.4 is 15.4 Å². The molecular formula is C37H46N8O4. The quantitative estimate of drug-likeness (QED) is 0.161. The summed E-state index contributed by atoms with van der Waals surface area (Å²) in [6.45, 7) is 12.4. The van der Waals surface area contributed by atoms with Gasteiger partial charge < -0.3 is 15.2 Å². The van der Waals surface area contributed by atoms with Crippen molar-refractivity contribution in [1.29, 1.82) is 0 Å². The average Bonchev–Trinajstić information content (AvgIpc) is 3.68. The summed E-state index contributed by atoms with van der Waals surface area (Å²) in [7, 11) is 4.07. The first-order valence-corrected chi connectivity index (χ1v) is 16.3. The van der Waals surface area contributed by atoms with Gasteiger partial charge in [0.15, 0.2) is 11.5 Å². The van der Waals surface area contributed by atoms with E-state index in [0.29, 0.717) is 5.82 Å². The van der Waals surface area contributed by atoms with Crippen LogP contribution in [0.15, 0.2) is 72.9 Å². The SMILES string of the molecule is Cc1ccc(-n2nc(C(C)(C)C)cc2NC(=O)N[C@H]2CC[C@@H](Oc3ccc4nnc(C(C)(C)N(C)C)n4c3)c3ccccc32)cc1.O=CO. The van der Waals surface area contributed by atoms with Gasteiger partial charge in [-0.1, -0.05) is 62.7 Å². The van der Waals surface area contributed by atoms with Crippen LogP contribution in [0.5, 0.6) is 5.75 Å². The number of anilines is 1. The van der Waals surface area contributed by atoms with Crippen LogP contribution in [-0.4, -0.2) is 61.0 Å². The molecule has 1 aliphatic carbocycles. The Bertz CT molecular complexity index is 1920. The van der Waals surface area contributed by atoms with Crippen molar-refractivity contribution in [2.24, 2.45) is 0 Å². The van der Waals surface area contributed by atoms with Crippen molar-refractivity contribution in [2.45, 2.75) is 77.5 Å². The minimum atomic E-state index is -0.318. The Hall–Kier alpha value is -5.23. The topological polar surface area (TPSA) is 139 Å². The molecular weight excluding hydrogens is 620 g/mol.